The van der Waals surface area contributed by atoms with Gasteiger partial charge in [0, 0.05) is 19.0 Å². The predicted molar refractivity (Wildman–Crippen MR) is 128 cm³/mol. The molecule has 1 saturated heterocycles. The van der Waals surface area contributed by atoms with Crippen molar-refractivity contribution in [3.8, 4) is 0 Å². The van der Waals surface area contributed by atoms with Crippen LogP contribution in [-0.4, -0.2) is 34.7 Å². The summed E-state index contributed by atoms with van der Waals surface area (Å²) in [7, 11) is 0. The zero-order valence-electron chi connectivity index (χ0n) is 20.0. The average Bonchev–Trinajstić information content (AvgIpc) is 3.10. The maximum Gasteiger partial charge on any atom is 0.410 e. The van der Waals surface area contributed by atoms with Gasteiger partial charge in [-0.15, -0.1) is 11.3 Å². The Labute approximate surface area is 191 Å². The predicted octanol–water partition coefficient (Wildman–Crippen LogP) is 6.68. The Kier molecular flexibility index (Phi) is 6.10. The molecule has 1 aromatic heterocycles. The van der Waals surface area contributed by atoms with Crippen LogP contribution in [0.15, 0.2) is 18.2 Å². The van der Waals surface area contributed by atoms with Crippen molar-refractivity contribution < 1.29 is 9.53 Å². The minimum Gasteiger partial charge on any atom is -0.444 e. The lowest BCUT2D eigenvalue weighted by atomic mass is 9.63. The Morgan fingerprint density at radius 2 is 1.94 bits per heavy atom. The van der Waals surface area contributed by atoms with E-state index in [1.165, 1.54) is 21.2 Å². The van der Waals surface area contributed by atoms with Crippen molar-refractivity contribution in [2.45, 2.75) is 78.7 Å². The van der Waals surface area contributed by atoms with Gasteiger partial charge in [0.05, 0.1) is 15.6 Å². The third-order valence-electron chi connectivity index (χ3n) is 7.39. The van der Waals surface area contributed by atoms with Gasteiger partial charge in [-0.05, 0) is 82.6 Å². The van der Waals surface area contributed by atoms with E-state index in [1.54, 1.807) is 5.57 Å². The monoisotopic (exact) mass is 442 g/mol. The molecule has 1 fully saturated rings. The van der Waals surface area contributed by atoms with Crippen LogP contribution in [-0.2, 0) is 11.2 Å². The number of allylic oxidation sites excluding steroid dienone is 3. The quantitative estimate of drug-likeness (QED) is 0.480. The first-order valence-corrected chi connectivity index (χ1v) is 12.7. The Hall–Kier alpha value is -1.62. The molecule has 5 heteroatoms. The summed E-state index contributed by atoms with van der Waals surface area (Å²) in [5, 5.41) is 1.28. The largest absolute Gasteiger partial charge is 0.444 e. The number of ether oxygens (including phenoxy) is 1. The first kappa shape index (κ1) is 22.6. The van der Waals surface area contributed by atoms with Gasteiger partial charge in [0.15, 0.2) is 0 Å². The number of carbonyl (C=O) groups excluding carboxylic acids is 1. The second kappa shape index (κ2) is 8.38. The number of aromatic nitrogens is 1. The van der Waals surface area contributed by atoms with Crippen LogP contribution < -0.4 is 0 Å². The molecule has 1 aliphatic heterocycles. The van der Waals surface area contributed by atoms with Crippen molar-refractivity contribution in [2.24, 2.45) is 23.7 Å². The fraction of sp³-hybridized carbons (Fsp3) is 0.692. The lowest BCUT2D eigenvalue weighted by Gasteiger charge is -2.42. The molecule has 1 amide bonds. The van der Waals surface area contributed by atoms with Crippen LogP contribution >= 0.6 is 11.3 Å². The molecule has 0 aromatic carbocycles. The Balaban J connectivity index is 1.49. The van der Waals surface area contributed by atoms with Gasteiger partial charge < -0.3 is 9.64 Å². The van der Waals surface area contributed by atoms with Gasteiger partial charge in [-0.1, -0.05) is 32.1 Å². The van der Waals surface area contributed by atoms with Crippen LogP contribution in [0.1, 0.15) is 82.3 Å². The number of fused-ring (bicyclic) bond motifs is 3. The molecular formula is C26H38N2O2S. The standard InChI is InChI=1S/C26H38N2O2S/c1-15(2)19-8-9-20-22(17(19)4)16(3)14-21-23(20)31-24(27-21)18-10-12-28(13-11-18)25(29)30-26(5,6)7/h9,16-19,22H,1,8,10-14H2,2-7H3/t16-,17+,19+,22?/m1/s1. The van der Waals surface area contributed by atoms with Gasteiger partial charge in [0.1, 0.15) is 5.60 Å². The number of thiazole rings is 1. The van der Waals surface area contributed by atoms with E-state index in [-0.39, 0.29) is 6.09 Å². The van der Waals surface area contributed by atoms with Crippen molar-refractivity contribution in [2.75, 3.05) is 13.1 Å². The number of rotatable bonds is 2. The maximum atomic E-state index is 12.4. The maximum absolute atomic E-state index is 12.4. The first-order valence-electron chi connectivity index (χ1n) is 11.9. The Morgan fingerprint density at radius 3 is 2.55 bits per heavy atom. The molecule has 31 heavy (non-hydrogen) atoms. The summed E-state index contributed by atoms with van der Waals surface area (Å²) in [6.07, 6.45) is 6.43. The minimum absolute atomic E-state index is 0.186. The van der Waals surface area contributed by atoms with Crippen molar-refractivity contribution in [3.63, 3.8) is 0 Å². The minimum atomic E-state index is -0.441. The van der Waals surface area contributed by atoms with E-state index >= 15 is 0 Å². The molecule has 0 bridgehead atoms. The fourth-order valence-corrected chi connectivity index (χ4v) is 7.18. The van der Waals surface area contributed by atoms with Crippen LogP contribution in [0.4, 0.5) is 4.79 Å². The van der Waals surface area contributed by atoms with Gasteiger partial charge >= 0.3 is 6.09 Å². The van der Waals surface area contributed by atoms with E-state index in [1.807, 2.05) is 37.0 Å². The SMILES string of the molecule is C=C(C)[C@@H]1CC=C2c3sc(C4CCN(C(=O)OC(C)(C)C)CC4)nc3C[C@@H](C)C2[C@H]1C. The zero-order chi connectivity index (χ0) is 22.5. The summed E-state index contributed by atoms with van der Waals surface area (Å²) >= 11 is 1.92. The number of carbonyl (C=O) groups is 1. The van der Waals surface area contributed by atoms with E-state index < -0.39 is 5.60 Å². The molecule has 2 heterocycles. The smallest absolute Gasteiger partial charge is 0.410 e. The summed E-state index contributed by atoms with van der Waals surface area (Å²) < 4.78 is 5.55. The summed E-state index contributed by atoms with van der Waals surface area (Å²) in [4.78, 5) is 20.8. The first-order chi connectivity index (χ1) is 14.5. The number of amides is 1. The number of likely N-dealkylation sites (tertiary alicyclic amines) is 1. The Morgan fingerprint density at radius 1 is 1.26 bits per heavy atom. The van der Waals surface area contributed by atoms with Gasteiger partial charge in [-0.3, -0.25) is 0 Å². The van der Waals surface area contributed by atoms with Gasteiger partial charge in [0.25, 0.3) is 0 Å². The molecule has 0 N–H and O–H groups in total. The van der Waals surface area contributed by atoms with E-state index in [0.717, 1.165) is 38.8 Å². The van der Waals surface area contributed by atoms with Gasteiger partial charge in [-0.25, -0.2) is 9.78 Å². The molecule has 0 spiro atoms. The van der Waals surface area contributed by atoms with Crippen molar-refractivity contribution in [3.05, 3.63) is 33.8 Å². The van der Waals surface area contributed by atoms with E-state index in [4.69, 9.17) is 9.72 Å². The molecule has 3 aliphatic rings. The Bertz CT molecular complexity index is 886. The lowest BCUT2D eigenvalue weighted by molar-refractivity contribution is 0.0204. The summed E-state index contributed by atoms with van der Waals surface area (Å²) in [5.41, 5.74) is 3.74. The number of hydrogen-bond donors (Lipinski definition) is 0. The van der Waals surface area contributed by atoms with Crippen molar-refractivity contribution >= 4 is 23.0 Å². The molecule has 0 radical (unpaired) electrons. The molecule has 4 rings (SSSR count). The van der Waals surface area contributed by atoms with E-state index in [0.29, 0.717) is 29.6 Å². The number of hydrogen-bond acceptors (Lipinski definition) is 4. The highest BCUT2D eigenvalue weighted by atomic mass is 32.1. The lowest BCUT2D eigenvalue weighted by Crippen LogP contribution is -2.41. The molecule has 0 saturated carbocycles. The van der Waals surface area contributed by atoms with Crippen LogP contribution in [0, 0.1) is 23.7 Å². The zero-order valence-corrected chi connectivity index (χ0v) is 20.8. The summed E-state index contributed by atoms with van der Waals surface area (Å²) in [6, 6.07) is 0. The third-order valence-corrected chi connectivity index (χ3v) is 8.69. The normalized spacial score (nSPS) is 29.1. The molecule has 1 aromatic rings. The highest BCUT2D eigenvalue weighted by molar-refractivity contribution is 7.13. The second-order valence-electron chi connectivity index (χ2n) is 11.0. The fourth-order valence-electron chi connectivity index (χ4n) is 5.83. The van der Waals surface area contributed by atoms with Crippen LogP contribution in [0.2, 0.25) is 0 Å². The second-order valence-corrected chi connectivity index (χ2v) is 12.0. The van der Waals surface area contributed by atoms with Crippen LogP contribution in [0.25, 0.3) is 5.57 Å². The van der Waals surface area contributed by atoms with Crippen LogP contribution in [0.5, 0.6) is 0 Å². The molecular weight excluding hydrogens is 404 g/mol. The highest BCUT2D eigenvalue weighted by Gasteiger charge is 2.41. The van der Waals surface area contributed by atoms with Crippen molar-refractivity contribution in [1.82, 2.24) is 9.88 Å². The molecule has 4 nitrogen and oxygen atoms in total. The highest BCUT2D eigenvalue weighted by Crippen LogP contribution is 2.52. The topological polar surface area (TPSA) is 42.4 Å². The number of nitrogens with zero attached hydrogens (tertiary/aromatic N) is 2. The third kappa shape index (κ3) is 4.48. The van der Waals surface area contributed by atoms with E-state index in [2.05, 4.69) is 33.4 Å². The molecule has 1 unspecified atom stereocenters. The van der Waals surface area contributed by atoms with E-state index in [9.17, 15) is 4.79 Å². The molecule has 4 atom stereocenters. The number of piperidine rings is 1. The summed E-state index contributed by atoms with van der Waals surface area (Å²) in [5.74, 6) is 2.93. The van der Waals surface area contributed by atoms with Gasteiger partial charge in [0.2, 0.25) is 0 Å². The molecule has 2 aliphatic carbocycles. The van der Waals surface area contributed by atoms with Gasteiger partial charge in [-0.2, -0.15) is 0 Å². The average molecular weight is 443 g/mol. The molecule has 170 valence electrons. The summed E-state index contributed by atoms with van der Waals surface area (Å²) in [6.45, 7) is 18.5. The van der Waals surface area contributed by atoms with Crippen molar-refractivity contribution in [1.29, 1.82) is 0 Å². The van der Waals surface area contributed by atoms with Crippen LogP contribution in [0.3, 0.4) is 0 Å².